The lowest BCUT2D eigenvalue weighted by Gasteiger charge is -2.17. The molecule has 0 spiro atoms. The largest absolute Gasteiger partial charge is 0.497 e. The van der Waals surface area contributed by atoms with Crippen molar-refractivity contribution >= 4 is 17.5 Å². The van der Waals surface area contributed by atoms with E-state index < -0.39 is 0 Å². The Bertz CT molecular complexity index is 1040. The van der Waals surface area contributed by atoms with Crippen LogP contribution in [0.25, 0.3) is 0 Å². The fourth-order valence-electron chi connectivity index (χ4n) is 2.97. The normalized spacial score (nSPS) is 10.5. The van der Waals surface area contributed by atoms with Gasteiger partial charge in [0, 0.05) is 24.4 Å². The second-order valence-electron chi connectivity index (χ2n) is 7.06. The first kappa shape index (κ1) is 21.9. The lowest BCUT2D eigenvalue weighted by atomic mass is 10.2. The number of methoxy groups -OCH3 is 1. The highest BCUT2D eigenvalue weighted by Gasteiger charge is 2.16. The number of amides is 2. The van der Waals surface area contributed by atoms with Crippen LogP contribution < -0.4 is 14.8 Å². The lowest BCUT2D eigenvalue weighted by molar-refractivity contribution is -0.116. The molecular formula is C23H25N3O5. The molecule has 0 fully saturated rings. The van der Waals surface area contributed by atoms with Crippen LogP contribution in [-0.2, 0) is 11.4 Å². The van der Waals surface area contributed by atoms with E-state index in [1.54, 1.807) is 62.7 Å². The van der Waals surface area contributed by atoms with Crippen molar-refractivity contribution in [3.05, 3.63) is 71.1 Å². The number of aromatic nitrogens is 1. The molecule has 3 aromatic rings. The van der Waals surface area contributed by atoms with Crippen LogP contribution in [0.5, 0.6) is 11.5 Å². The molecule has 0 saturated heterocycles. The standard InChI is InChI=1S/C23H25N3O5/c1-15-21(16(2)31-25-15)14-30-19-10-8-17(9-11-19)23(28)26(3)13-22(27)24-18-6-5-7-20(12-18)29-4/h5-12H,13-14H2,1-4H3,(H,24,27). The Labute approximate surface area is 180 Å². The summed E-state index contributed by atoms with van der Waals surface area (Å²) in [7, 11) is 3.13. The quantitative estimate of drug-likeness (QED) is 0.595. The van der Waals surface area contributed by atoms with E-state index >= 15 is 0 Å². The van der Waals surface area contributed by atoms with Crippen molar-refractivity contribution in [3.8, 4) is 11.5 Å². The fraction of sp³-hybridized carbons (Fsp3) is 0.261. The number of nitrogens with zero attached hydrogens (tertiary/aromatic N) is 2. The molecule has 2 amide bonds. The molecule has 0 aliphatic rings. The van der Waals surface area contributed by atoms with Crippen LogP contribution in [0.1, 0.15) is 27.4 Å². The topological polar surface area (TPSA) is 93.9 Å². The Morgan fingerprint density at radius 3 is 2.48 bits per heavy atom. The summed E-state index contributed by atoms with van der Waals surface area (Å²) in [6, 6.07) is 13.8. The predicted molar refractivity (Wildman–Crippen MR) is 115 cm³/mol. The molecule has 0 bridgehead atoms. The summed E-state index contributed by atoms with van der Waals surface area (Å²) >= 11 is 0. The summed E-state index contributed by atoms with van der Waals surface area (Å²) < 4.78 is 16.0. The number of anilines is 1. The fourth-order valence-corrected chi connectivity index (χ4v) is 2.97. The van der Waals surface area contributed by atoms with Crippen molar-refractivity contribution in [3.63, 3.8) is 0 Å². The average molecular weight is 423 g/mol. The Morgan fingerprint density at radius 2 is 1.84 bits per heavy atom. The van der Waals surface area contributed by atoms with Crippen LogP contribution in [0.2, 0.25) is 0 Å². The molecule has 0 radical (unpaired) electrons. The van der Waals surface area contributed by atoms with Crippen LogP contribution in [0.15, 0.2) is 53.1 Å². The highest BCUT2D eigenvalue weighted by molar-refractivity contribution is 5.99. The van der Waals surface area contributed by atoms with E-state index in [9.17, 15) is 9.59 Å². The molecular weight excluding hydrogens is 398 g/mol. The summed E-state index contributed by atoms with van der Waals surface area (Å²) in [4.78, 5) is 26.3. The Hall–Kier alpha value is -3.81. The van der Waals surface area contributed by atoms with Gasteiger partial charge in [-0.05, 0) is 50.2 Å². The van der Waals surface area contributed by atoms with E-state index in [4.69, 9.17) is 14.0 Å². The van der Waals surface area contributed by atoms with Crippen LogP contribution in [0, 0.1) is 13.8 Å². The number of carbonyl (C=O) groups is 2. The number of rotatable bonds is 8. The summed E-state index contributed by atoms with van der Waals surface area (Å²) in [6.07, 6.45) is 0. The molecule has 31 heavy (non-hydrogen) atoms. The SMILES string of the molecule is COc1cccc(NC(=O)CN(C)C(=O)c2ccc(OCc3c(C)noc3C)cc2)c1. The number of nitrogens with one attached hydrogen (secondary N) is 1. The van der Waals surface area contributed by atoms with E-state index in [1.807, 2.05) is 13.8 Å². The van der Waals surface area contributed by atoms with Crippen LogP contribution in [0.3, 0.4) is 0 Å². The summed E-state index contributed by atoms with van der Waals surface area (Å²) in [5, 5.41) is 6.66. The van der Waals surface area contributed by atoms with Crippen molar-refractivity contribution in [2.75, 3.05) is 26.0 Å². The molecule has 2 aromatic carbocycles. The van der Waals surface area contributed by atoms with E-state index in [0.717, 1.165) is 17.0 Å². The molecule has 1 aromatic heterocycles. The molecule has 1 heterocycles. The lowest BCUT2D eigenvalue weighted by Crippen LogP contribution is -2.34. The highest BCUT2D eigenvalue weighted by Crippen LogP contribution is 2.19. The molecule has 1 N–H and O–H groups in total. The maximum absolute atomic E-state index is 12.6. The number of benzene rings is 2. The van der Waals surface area contributed by atoms with Gasteiger partial charge in [0.2, 0.25) is 5.91 Å². The van der Waals surface area contributed by atoms with Crippen LogP contribution in [0.4, 0.5) is 5.69 Å². The Morgan fingerprint density at radius 1 is 1.10 bits per heavy atom. The Balaban J connectivity index is 1.54. The zero-order valence-corrected chi connectivity index (χ0v) is 18.0. The number of likely N-dealkylation sites (N-methyl/N-ethyl adjacent to an activating group) is 1. The second-order valence-corrected chi connectivity index (χ2v) is 7.06. The first-order chi connectivity index (χ1) is 14.9. The number of hydrogen-bond donors (Lipinski definition) is 1. The molecule has 0 aliphatic carbocycles. The first-order valence-electron chi connectivity index (χ1n) is 9.71. The van der Waals surface area contributed by atoms with E-state index in [2.05, 4.69) is 10.5 Å². The molecule has 8 nitrogen and oxygen atoms in total. The Kier molecular flexibility index (Phi) is 6.92. The highest BCUT2D eigenvalue weighted by atomic mass is 16.5. The number of hydrogen-bond acceptors (Lipinski definition) is 6. The minimum Gasteiger partial charge on any atom is -0.497 e. The van der Waals surface area contributed by atoms with Gasteiger partial charge in [0.25, 0.3) is 5.91 Å². The summed E-state index contributed by atoms with van der Waals surface area (Å²) in [5.41, 5.74) is 2.76. The average Bonchev–Trinajstić information content (AvgIpc) is 3.09. The molecule has 8 heteroatoms. The third kappa shape index (κ3) is 5.63. The van der Waals surface area contributed by atoms with Gasteiger partial charge in [0.15, 0.2) is 0 Å². The smallest absolute Gasteiger partial charge is 0.254 e. The van der Waals surface area contributed by atoms with Gasteiger partial charge < -0.3 is 24.2 Å². The maximum Gasteiger partial charge on any atom is 0.254 e. The number of ether oxygens (including phenoxy) is 2. The van der Waals surface area contributed by atoms with E-state index in [-0.39, 0.29) is 18.4 Å². The molecule has 0 aliphatic heterocycles. The van der Waals surface area contributed by atoms with Crippen LogP contribution >= 0.6 is 0 Å². The molecule has 162 valence electrons. The van der Waals surface area contributed by atoms with Crippen molar-refractivity contribution < 1.29 is 23.6 Å². The van der Waals surface area contributed by atoms with Crippen LogP contribution in [-0.4, -0.2) is 42.6 Å². The van der Waals surface area contributed by atoms with Gasteiger partial charge >= 0.3 is 0 Å². The van der Waals surface area contributed by atoms with Crippen molar-refractivity contribution in [1.29, 1.82) is 0 Å². The van der Waals surface area contributed by atoms with Gasteiger partial charge in [-0.1, -0.05) is 11.2 Å². The molecule has 0 atom stereocenters. The zero-order chi connectivity index (χ0) is 22.4. The van der Waals surface area contributed by atoms with Crippen molar-refractivity contribution in [1.82, 2.24) is 10.1 Å². The van der Waals surface area contributed by atoms with Gasteiger partial charge in [-0.2, -0.15) is 0 Å². The molecule has 3 rings (SSSR count). The second kappa shape index (κ2) is 9.80. The maximum atomic E-state index is 12.6. The van der Waals surface area contributed by atoms with Gasteiger partial charge in [-0.3, -0.25) is 9.59 Å². The third-order valence-corrected chi connectivity index (χ3v) is 4.75. The van der Waals surface area contributed by atoms with E-state index in [0.29, 0.717) is 29.4 Å². The molecule has 0 saturated carbocycles. The number of carbonyl (C=O) groups excluding carboxylic acids is 2. The van der Waals surface area contributed by atoms with Gasteiger partial charge in [0.05, 0.1) is 24.9 Å². The first-order valence-corrected chi connectivity index (χ1v) is 9.71. The van der Waals surface area contributed by atoms with Gasteiger partial charge in [0.1, 0.15) is 23.9 Å². The predicted octanol–water partition coefficient (Wildman–Crippen LogP) is 3.59. The summed E-state index contributed by atoms with van der Waals surface area (Å²) in [5.74, 6) is 1.41. The van der Waals surface area contributed by atoms with Crippen molar-refractivity contribution in [2.45, 2.75) is 20.5 Å². The molecule has 0 unspecified atom stereocenters. The zero-order valence-electron chi connectivity index (χ0n) is 18.0. The number of aryl methyl sites for hydroxylation is 2. The third-order valence-electron chi connectivity index (χ3n) is 4.75. The van der Waals surface area contributed by atoms with Gasteiger partial charge in [-0.15, -0.1) is 0 Å². The summed E-state index contributed by atoms with van der Waals surface area (Å²) in [6.45, 7) is 3.94. The van der Waals surface area contributed by atoms with Gasteiger partial charge in [-0.25, -0.2) is 0 Å². The minimum atomic E-state index is -0.302. The monoisotopic (exact) mass is 423 g/mol. The van der Waals surface area contributed by atoms with E-state index in [1.165, 1.54) is 4.90 Å². The van der Waals surface area contributed by atoms with Crippen molar-refractivity contribution in [2.24, 2.45) is 0 Å². The minimum absolute atomic E-state index is 0.0830.